The van der Waals surface area contributed by atoms with E-state index in [1.807, 2.05) is 14.0 Å². The molecule has 1 aromatic heterocycles. The van der Waals surface area contributed by atoms with Gasteiger partial charge < -0.3 is 14.0 Å². The first-order valence-corrected chi connectivity index (χ1v) is 9.00. The summed E-state index contributed by atoms with van der Waals surface area (Å²) in [6.45, 7) is 5.74. The van der Waals surface area contributed by atoms with Crippen molar-refractivity contribution < 1.29 is 9.47 Å². The van der Waals surface area contributed by atoms with E-state index in [9.17, 15) is 0 Å². The highest BCUT2D eigenvalue weighted by Crippen LogP contribution is 2.37. The minimum absolute atomic E-state index is 0.246. The zero-order chi connectivity index (χ0) is 17.6. The molecule has 134 valence electrons. The second kappa shape index (κ2) is 6.33. The maximum Gasteiger partial charge on any atom is 0.146 e. The number of nitrogens with zero attached hydrogens (tertiary/aromatic N) is 4. The van der Waals surface area contributed by atoms with E-state index in [4.69, 9.17) is 9.47 Å². The molecule has 1 saturated carbocycles. The number of hydrogen-bond acceptors (Lipinski definition) is 5. The van der Waals surface area contributed by atoms with Gasteiger partial charge in [0.15, 0.2) is 0 Å². The Kier molecular flexibility index (Phi) is 4.15. The Balaban J connectivity index is 1.58. The van der Waals surface area contributed by atoms with Gasteiger partial charge in [0.25, 0.3) is 0 Å². The summed E-state index contributed by atoms with van der Waals surface area (Å²) in [5.74, 6) is 3.92. The summed E-state index contributed by atoms with van der Waals surface area (Å²) in [4.78, 5) is 2.48. The van der Waals surface area contributed by atoms with Crippen LogP contribution in [0.3, 0.4) is 0 Å². The number of aromatic nitrogens is 3. The van der Waals surface area contributed by atoms with Crippen LogP contribution in [0.2, 0.25) is 0 Å². The van der Waals surface area contributed by atoms with Crippen molar-refractivity contribution in [1.29, 1.82) is 0 Å². The molecule has 1 aliphatic heterocycles. The third-order valence-electron chi connectivity index (χ3n) is 5.26. The fraction of sp³-hybridized carbons (Fsp3) is 0.579. The lowest BCUT2D eigenvalue weighted by atomic mass is 10.1. The predicted molar refractivity (Wildman–Crippen MR) is 94.8 cm³/mol. The van der Waals surface area contributed by atoms with Crippen molar-refractivity contribution >= 4 is 0 Å². The number of hydrogen-bond donors (Lipinski definition) is 0. The monoisotopic (exact) mass is 342 g/mol. The maximum atomic E-state index is 5.94. The number of ether oxygens (including phenoxy) is 2. The lowest BCUT2D eigenvalue weighted by Crippen LogP contribution is -2.27. The Bertz CT molecular complexity index is 782. The van der Waals surface area contributed by atoms with Crippen LogP contribution >= 0.6 is 0 Å². The zero-order valence-electron chi connectivity index (χ0n) is 15.5. The van der Waals surface area contributed by atoms with E-state index in [0.29, 0.717) is 6.04 Å². The molecule has 0 amide bonds. The fourth-order valence-corrected chi connectivity index (χ4v) is 3.54. The van der Waals surface area contributed by atoms with Crippen molar-refractivity contribution in [3.63, 3.8) is 0 Å². The van der Waals surface area contributed by atoms with Crippen LogP contribution in [0.1, 0.15) is 42.5 Å². The lowest BCUT2D eigenvalue weighted by Gasteiger charge is -2.23. The Morgan fingerprint density at radius 2 is 2.08 bits per heavy atom. The average Bonchev–Trinajstić information content (AvgIpc) is 3.31. The molecule has 1 aliphatic carbocycles. The molecule has 4 rings (SSSR count). The fourth-order valence-electron chi connectivity index (χ4n) is 3.54. The molecule has 2 heterocycles. The molecular weight excluding hydrogens is 316 g/mol. The van der Waals surface area contributed by atoms with Crippen molar-refractivity contribution in [3.05, 3.63) is 34.9 Å². The lowest BCUT2D eigenvalue weighted by molar-refractivity contribution is 0.231. The van der Waals surface area contributed by atoms with Gasteiger partial charge in [-0.1, -0.05) is 0 Å². The van der Waals surface area contributed by atoms with Crippen LogP contribution in [0.4, 0.5) is 0 Å². The van der Waals surface area contributed by atoms with Crippen molar-refractivity contribution in [1.82, 2.24) is 19.7 Å². The molecule has 6 nitrogen and oxygen atoms in total. The van der Waals surface area contributed by atoms with Gasteiger partial charge in [0.2, 0.25) is 0 Å². The number of rotatable bonds is 6. The van der Waals surface area contributed by atoms with Gasteiger partial charge in [-0.15, -0.1) is 10.2 Å². The van der Waals surface area contributed by atoms with Crippen LogP contribution in [-0.4, -0.2) is 38.9 Å². The summed E-state index contributed by atoms with van der Waals surface area (Å²) in [5, 5.41) is 8.52. The van der Waals surface area contributed by atoms with E-state index in [1.165, 1.54) is 24.0 Å². The van der Waals surface area contributed by atoms with Gasteiger partial charge in [0, 0.05) is 37.2 Å². The summed E-state index contributed by atoms with van der Waals surface area (Å²) < 4.78 is 13.7. The Labute approximate surface area is 148 Å². The SMILES string of the molecule is COc1cc2c(cc1CN(Cc1nnc(C)n1C)C1CC1)OC(C)C2. The largest absolute Gasteiger partial charge is 0.496 e. The molecule has 2 aromatic rings. The molecule has 1 fully saturated rings. The van der Waals surface area contributed by atoms with Crippen molar-refractivity contribution in [3.8, 4) is 11.5 Å². The molecular formula is C19H26N4O2. The van der Waals surface area contributed by atoms with Gasteiger partial charge in [-0.05, 0) is 38.8 Å². The van der Waals surface area contributed by atoms with E-state index >= 15 is 0 Å². The smallest absolute Gasteiger partial charge is 0.146 e. The van der Waals surface area contributed by atoms with Gasteiger partial charge in [0.05, 0.1) is 13.7 Å². The summed E-state index contributed by atoms with van der Waals surface area (Å²) in [6.07, 6.45) is 3.70. The molecule has 25 heavy (non-hydrogen) atoms. The molecule has 1 aromatic carbocycles. The highest BCUT2D eigenvalue weighted by atomic mass is 16.5. The van der Waals surface area contributed by atoms with Crippen LogP contribution in [0.5, 0.6) is 11.5 Å². The minimum atomic E-state index is 0.246. The first-order valence-electron chi connectivity index (χ1n) is 9.00. The highest BCUT2D eigenvalue weighted by molar-refractivity contribution is 5.48. The van der Waals surface area contributed by atoms with Gasteiger partial charge in [-0.3, -0.25) is 4.90 Å². The summed E-state index contributed by atoms with van der Waals surface area (Å²) >= 11 is 0. The minimum Gasteiger partial charge on any atom is -0.496 e. The molecule has 1 unspecified atom stereocenters. The third-order valence-corrected chi connectivity index (χ3v) is 5.26. The normalized spacial score (nSPS) is 19.2. The van der Waals surface area contributed by atoms with Crippen LogP contribution in [0.15, 0.2) is 12.1 Å². The second-order valence-corrected chi connectivity index (χ2v) is 7.26. The first kappa shape index (κ1) is 16.4. The summed E-state index contributed by atoms with van der Waals surface area (Å²) in [5.41, 5.74) is 2.43. The molecule has 6 heteroatoms. The van der Waals surface area contributed by atoms with Gasteiger partial charge in [-0.25, -0.2) is 0 Å². The van der Waals surface area contributed by atoms with E-state index in [-0.39, 0.29) is 6.10 Å². The van der Waals surface area contributed by atoms with E-state index < -0.39 is 0 Å². The molecule has 2 aliphatic rings. The zero-order valence-corrected chi connectivity index (χ0v) is 15.5. The third kappa shape index (κ3) is 3.23. The molecule has 0 bridgehead atoms. The van der Waals surface area contributed by atoms with Gasteiger partial charge in [-0.2, -0.15) is 0 Å². The molecule has 0 radical (unpaired) electrons. The van der Waals surface area contributed by atoms with Crippen LogP contribution in [-0.2, 0) is 26.6 Å². The standard InChI is InChI=1S/C19H26N4O2/c1-12-7-14-8-17(24-4)15(9-18(14)25-12)10-23(16-5-6-16)11-19-21-20-13(2)22(19)3/h8-9,12,16H,5-7,10-11H2,1-4H3. The summed E-state index contributed by atoms with van der Waals surface area (Å²) in [6, 6.07) is 4.93. The molecule has 0 N–H and O–H groups in total. The summed E-state index contributed by atoms with van der Waals surface area (Å²) in [7, 11) is 3.78. The quantitative estimate of drug-likeness (QED) is 0.808. The van der Waals surface area contributed by atoms with Crippen molar-refractivity contribution in [2.75, 3.05) is 7.11 Å². The Hall–Kier alpha value is -2.08. The average molecular weight is 342 g/mol. The molecule has 0 spiro atoms. The predicted octanol–water partition coefficient (Wildman–Crippen LogP) is 2.62. The van der Waals surface area contributed by atoms with Gasteiger partial charge >= 0.3 is 0 Å². The molecule has 1 atom stereocenters. The number of aryl methyl sites for hydroxylation is 1. The van der Waals surface area contributed by atoms with Crippen LogP contribution in [0, 0.1) is 6.92 Å². The van der Waals surface area contributed by atoms with E-state index in [1.54, 1.807) is 7.11 Å². The highest BCUT2D eigenvalue weighted by Gasteiger charge is 2.31. The first-order chi connectivity index (χ1) is 12.0. The van der Waals surface area contributed by atoms with E-state index in [2.05, 4.69) is 38.7 Å². The second-order valence-electron chi connectivity index (χ2n) is 7.26. The van der Waals surface area contributed by atoms with Crippen LogP contribution in [0.25, 0.3) is 0 Å². The topological polar surface area (TPSA) is 52.4 Å². The molecule has 0 saturated heterocycles. The maximum absolute atomic E-state index is 5.94. The van der Waals surface area contributed by atoms with Gasteiger partial charge in [0.1, 0.15) is 29.3 Å². The number of methoxy groups -OCH3 is 1. The number of fused-ring (bicyclic) bond motifs is 1. The van der Waals surface area contributed by atoms with Crippen LogP contribution < -0.4 is 9.47 Å². The van der Waals surface area contributed by atoms with E-state index in [0.717, 1.165) is 42.7 Å². The van der Waals surface area contributed by atoms with Crippen molar-refractivity contribution in [2.24, 2.45) is 7.05 Å². The van der Waals surface area contributed by atoms with Crippen molar-refractivity contribution in [2.45, 2.75) is 58.3 Å². The number of benzene rings is 1. The Morgan fingerprint density at radius 1 is 1.28 bits per heavy atom. The Morgan fingerprint density at radius 3 is 2.72 bits per heavy atom.